The Morgan fingerprint density at radius 3 is 2.73 bits per heavy atom. The third-order valence-electron chi connectivity index (χ3n) is 4.13. The van der Waals surface area contributed by atoms with Crippen molar-refractivity contribution in [2.75, 3.05) is 13.7 Å². The molecule has 2 saturated heterocycles. The van der Waals surface area contributed by atoms with Crippen molar-refractivity contribution in [1.29, 1.82) is 0 Å². The molecule has 1 aromatic carbocycles. The summed E-state index contributed by atoms with van der Waals surface area (Å²) in [5.41, 5.74) is 1.19. The van der Waals surface area contributed by atoms with Crippen molar-refractivity contribution in [2.45, 2.75) is 44.1 Å². The van der Waals surface area contributed by atoms with Crippen LogP contribution in [0.3, 0.4) is 0 Å². The van der Waals surface area contributed by atoms with Crippen LogP contribution in [-0.4, -0.2) is 43.3 Å². The molecule has 2 heterocycles. The highest BCUT2D eigenvalue weighted by Gasteiger charge is 2.48. The molecule has 6 nitrogen and oxygen atoms in total. The molecule has 1 aromatic rings. The Hall–Kier alpha value is -1.47. The standard InChI is InChI=1S/C16H21NO5/c1-3-20-15-9-12(11-7-5-4-6-8-11)13-10-14(16(18)19-2)21-17(13)22-15/h4-8,12-15H,3,9-10H2,1-2H3/t12-,13+,14-,15+/m0/s1. The third kappa shape index (κ3) is 3.01. The number of esters is 1. The smallest absolute Gasteiger partial charge is 0.337 e. The molecule has 0 aliphatic carbocycles. The summed E-state index contributed by atoms with van der Waals surface area (Å²) in [6.45, 7) is 2.49. The molecule has 0 amide bonds. The van der Waals surface area contributed by atoms with Crippen molar-refractivity contribution in [1.82, 2.24) is 5.23 Å². The first-order valence-corrected chi connectivity index (χ1v) is 7.60. The second-order valence-corrected chi connectivity index (χ2v) is 5.45. The Morgan fingerprint density at radius 2 is 2.05 bits per heavy atom. The van der Waals surface area contributed by atoms with Gasteiger partial charge in [-0.2, -0.15) is 0 Å². The van der Waals surface area contributed by atoms with Gasteiger partial charge in [0.2, 0.25) is 0 Å². The lowest BCUT2D eigenvalue weighted by Gasteiger charge is -2.38. The largest absolute Gasteiger partial charge is 0.467 e. The van der Waals surface area contributed by atoms with Crippen molar-refractivity contribution < 1.29 is 23.9 Å². The van der Waals surface area contributed by atoms with E-state index in [9.17, 15) is 4.79 Å². The number of carbonyl (C=O) groups is 1. The number of carbonyl (C=O) groups excluding carboxylic acids is 1. The highest BCUT2D eigenvalue weighted by atomic mass is 17.0. The van der Waals surface area contributed by atoms with Crippen LogP contribution in [0.5, 0.6) is 0 Å². The van der Waals surface area contributed by atoms with E-state index in [0.717, 1.165) is 6.42 Å². The van der Waals surface area contributed by atoms with Crippen molar-refractivity contribution >= 4 is 5.97 Å². The number of hydrogen-bond donors (Lipinski definition) is 0. The number of methoxy groups -OCH3 is 1. The van der Waals surface area contributed by atoms with E-state index in [-0.39, 0.29) is 24.2 Å². The van der Waals surface area contributed by atoms with Gasteiger partial charge in [-0.05, 0) is 12.5 Å². The second-order valence-electron chi connectivity index (χ2n) is 5.45. The SMILES string of the molecule is CCO[C@H]1C[C@@H](c2ccccc2)[C@H]2C[C@@H](C(=O)OC)ON2O1. The van der Waals surface area contributed by atoms with Crippen LogP contribution in [-0.2, 0) is 23.9 Å². The average Bonchev–Trinajstić information content (AvgIpc) is 2.98. The van der Waals surface area contributed by atoms with E-state index in [1.54, 1.807) is 0 Å². The van der Waals surface area contributed by atoms with E-state index in [0.29, 0.717) is 13.0 Å². The van der Waals surface area contributed by atoms with E-state index in [2.05, 4.69) is 12.1 Å². The summed E-state index contributed by atoms with van der Waals surface area (Å²) in [4.78, 5) is 23.1. The van der Waals surface area contributed by atoms with Crippen LogP contribution in [0, 0.1) is 0 Å². The summed E-state index contributed by atoms with van der Waals surface area (Å²) in [6, 6.07) is 10.2. The molecule has 0 bridgehead atoms. The minimum Gasteiger partial charge on any atom is -0.467 e. The fraction of sp³-hybridized carbons (Fsp3) is 0.562. The molecule has 0 spiro atoms. The minimum atomic E-state index is -0.624. The minimum absolute atomic E-state index is 0.0248. The first-order chi connectivity index (χ1) is 10.7. The lowest BCUT2D eigenvalue weighted by molar-refractivity contribution is -0.435. The molecule has 0 N–H and O–H groups in total. The summed E-state index contributed by atoms with van der Waals surface area (Å²) in [5, 5.41) is 1.43. The van der Waals surface area contributed by atoms with E-state index >= 15 is 0 Å². The fourth-order valence-electron chi connectivity index (χ4n) is 3.10. The Kier molecular flexibility index (Phi) is 4.73. The molecule has 2 fully saturated rings. The zero-order valence-corrected chi connectivity index (χ0v) is 12.8. The predicted octanol–water partition coefficient (Wildman–Crippen LogP) is 2.02. The molecule has 0 radical (unpaired) electrons. The number of hydrogen-bond acceptors (Lipinski definition) is 6. The number of nitrogens with zero attached hydrogens (tertiary/aromatic N) is 1. The van der Waals surface area contributed by atoms with Gasteiger partial charge in [0, 0.05) is 25.4 Å². The summed E-state index contributed by atoms with van der Waals surface area (Å²) in [6.07, 6.45) is 0.283. The number of ether oxygens (including phenoxy) is 2. The monoisotopic (exact) mass is 307 g/mol. The van der Waals surface area contributed by atoms with E-state index in [4.69, 9.17) is 19.1 Å². The normalized spacial score (nSPS) is 31.7. The van der Waals surface area contributed by atoms with Crippen molar-refractivity contribution in [2.24, 2.45) is 0 Å². The van der Waals surface area contributed by atoms with Gasteiger partial charge in [0.15, 0.2) is 12.4 Å². The Balaban J connectivity index is 1.82. The number of benzene rings is 1. The molecular formula is C16H21NO5. The van der Waals surface area contributed by atoms with Crippen LogP contribution in [0.4, 0.5) is 0 Å². The summed E-state index contributed by atoms with van der Waals surface area (Å²) < 4.78 is 10.4. The molecule has 2 aliphatic rings. The van der Waals surface area contributed by atoms with Crippen LogP contribution in [0.2, 0.25) is 0 Å². The molecule has 3 rings (SSSR count). The lowest BCUT2D eigenvalue weighted by Crippen LogP contribution is -2.44. The van der Waals surface area contributed by atoms with E-state index in [1.165, 1.54) is 17.9 Å². The topological polar surface area (TPSA) is 57.2 Å². The molecule has 0 saturated carbocycles. The van der Waals surface area contributed by atoms with Crippen LogP contribution in [0.15, 0.2) is 30.3 Å². The Bertz CT molecular complexity index is 509. The van der Waals surface area contributed by atoms with Crippen molar-refractivity contribution in [3.8, 4) is 0 Å². The van der Waals surface area contributed by atoms with Gasteiger partial charge in [0.1, 0.15) is 0 Å². The second kappa shape index (κ2) is 6.75. The number of hydroxylamine groups is 2. The van der Waals surface area contributed by atoms with Gasteiger partial charge in [0.25, 0.3) is 0 Å². The Labute approximate surface area is 129 Å². The van der Waals surface area contributed by atoms with Crippen LogP contribution < -0.4 is 0 Å². The van der Waals surface area contributed by atoms with Gasteiger partial charge in [0.05, 0.1) is 13.2 Å². The van der Waals surface area contributed by atoms with E-state index < -0.39 is 6.10 Å². The molecule has 22 heavy (non-hydrogen) atoms. The highest BCUT2D eigenvalue weighted by Crippen LogP contribution is 2.41. The molecule has 0 aromatic heterocycles. The zero-order valence-electron chi connectivity index (χ0n) is 12.8. The van der Waals surface area contributed by atoms with Gasteiger partial charge in [-0.25, -0.2) is 9.63 Å². The van der Waals surface area contributed by atoms with Gasteiger partial charge < -0.3 is 9.47 Å². The number of fused-ring (bicyclic) bond motifs is 1. The van der Waals surface area contributed by atoms with Gasteiger partial charge >= 0.3 is 5.97 Å². The van der Waals surface area contributed by atoms with E-state index in [1.807, 2.05) is 25.1 Å². The summed E-state index contributed by atoms with van der Waals surface area (Å²) in [5.74, 6) is -0.195. The Morgan fingerprint density at radius 1 is 1.27 bits per heavy atom. The molecule has 0 unspecified atom stereocenters. The van der Waals surface area contributed by atoms with Crippen molar-refractivity contribution in [3.05, 3.63) is 35.9 Å². The van der Waals surface area contributed by atoms with Gasteiger partial charge in [-0.1, -0.05) is 35.6 Å². The lowest BCUT2D eigenvalue weighted by atomic mass is 9.85. The highest BCUT2D eigenvalue weighted by molar-refractivity contribution is 5.74. The van der Waals surface area contributed by atoms with Crippen LogP contribution >= 0.6 is 0 Å². The quantitative estimate of drug-likeness (QED) is 0.793. The average molecular weight is 307 g/mol. The summed E-state index contributed by atoms with van der Waals surface area (Å²) in [7, 11) is 1.36. The van der Waals surface area contributed by atoms with Crippen LogP contribution in [0.1, 0.15) is 31.2 Å². The maximum atomic E-state index is 11.7. The molecule has 120 valence electrons. The maximum absolute atomic E-state index is 11.7. The van der Waals surface area contributed by atoms with Crippen molar-refractivity contribution in [3.63, 3.8) is 0 Å². The fourth-order valence-corrected chi connectivity index (χ4v) is 3.10. The molecule has 2 aliphatic heterocycles. The summed E-state index contributed by atoms with van der Waals surface area (Å²) >= 11 is 0. The molecular weight excluding hydrogens is 286 g/mol. The first-order valence-electron chi connectivity index (χ1n) is 7.60. The van der Waals surface area contributed by atoms with Gasteiger partial charge in [-0.15, -0.1) is 0 Å². The third-order valence-corrected chi connectivity index (χ3v) is 4.13. The zero-order chi connectivity index (χ0) is 15.5. The predicted molar refractivity (Wildman–Crippen MR) is 77.4 cm³/mol. The molecule has 4 atom stereocenters. The number of rotatable bonds is 4. The van der Waals surface area contributed by atoms with Crippen LogP contribution in [0.25, 0.3) is 0 Å². The maximum Gasteiger partial charge on any atom is 0.337 e. The molecule has 6 heteroatoms. The van der Waals surface area contributed by atoms with Gasteiger partial charge in [-0.3, -0.25) is 4.84 Å². The first kappa shape index (κ1) is 15.4.